The average molecular weight is 332 g/mol. The van der Waals surface area contributed by atoms with Crippen molar-refractivity contribution in [2.24, 2.45) is 0 Å². The van der Waals surface area contributed by atoms with E-state index in [9.17, 15) is 9.59 Å². The predicted molar refractivity (Wildman–Crippen MR) is 84.4 cm³/mol. The molecule has 0 radical (unpaired) electrons. The lowest BCUT2D eigenvalue weighted by Crippen LogP contribution is -2.50. The zero-order valence-corrected chi connectivity index (χ0v) is 13.5. The van der Waals surface area contributed by atoms with Crippen LogP contribution in [-0.4, -0.2) is 53.8 Å². The van der Waals surface area contributed by atoms with Gasteiger partial charge in [0.1, 0.15) is 18.4 Å². The highest BCUT2D eigenvalue weighted by Gasteiger charge is 2.31. The van der Waals surface area contributed by atoms with Gasteiger partial charge in [-0.05, 0) is 31.9 Å². The van der Waals surface area contributed by atoms with Crippen LogP contribution in [0, 0.1) is 11.3 Å². The molecule has 1 aromatic carbocycles. The van der Waals surface area contributed by atoms with Gasteiger partial charge in [0.15, 0.2) is 6.10 Å². The number of carboxylic acids is 1. The van der Waals surface area contributed by atoms with E-state index in [4.69, 9.17) is 19.8 Å². The summed E-state index contributed by atoms with van der Waals surface area (Å²) < 4.78 is 10.9. The summed E-state index contributed by atoms with van der Waals surface area (Å²) >= 11 is 0. The van der Waals surface area contributed by atoms with Crippen molar-refractivity contribution in [3.05, 3.63) is 29.8 Å². The van der Waals surface area contributed by atoms with Gasteiger partial charge in [0.25, 0.3) is 5.91 Å². The summed E-state index contributed by atoms with van der Waals surface area (Å²) in [6.45, 7) is 2.18. The summed E-state index contributed by atoms with van der Waals surface area (Å²) in [5, 5.41) is 18.2. The van der Waals surface area contributed by atoms with E-state index in [1.54, 1.807) is 31.2 Å². The second-order valence-corrected chi connectivity index (χ2v) is 5.57. The number of nitrogens with zero attached hydrogens (tertiary/aromatic N) is 2. The summed E-state index contributed by atoms with van der Waals surface area (Å²) in [6, 6.07) is 8.44. The van der Waals surface area contributed by atoms with E-state index in [2.05, 4.69) is 0 Å². The third-order valence-corrected chi connectivity index (χ3v) is 3.88. The van der Waals surface area contributed by atoms with Crippen LogP contribution in [0.25, 0.3) is 0 Å². The summed E-state index contributed by atoms with van der Waals surface area (Å²) in [6.07, 6.45) is 0.308. The highest BCUT2D eigenvalue weighted by molar-refractivity contribution is 5.85. The lowest BCUT2D eigenvalue weighted by Gasteiger charge is -2.34. The highest BCUT2D eigenvalue weighted by Crippen LogP contribution is 2.21. The standard InChI is InChI=1S/C17H20N2O5/c1-12(24-15-5-3-2-4-13(15)10-18)17(22)19(11-16(20)21)14-6-8-23-9-7-14/h2-5,12,14H,6-9,11H2,1H3,(H,20,21)/t12-/m1/s1. The molecule has 1 atom stereocenters. The quantitative estimate of drug-likeness (QED) is 0.845. The number of rotatable bonds is 6. The number of nitriles is 1. The minimum absolute atomic E-state index is 0.181. The molecule has 128 valence electrons. The van der Waals surface area contributed by atoms with Gasteiger partial charge in [-0.2, -0.15) is 5.26 Å². The van der Waals surface area contributed by atoms with Gasteiger partial charge in [-0.25, -0.2) is 0 Å². The second kappa shape index (κ2) is 8.31. The third-order valence-electron chi connectivity index (χ3n) is 3.88. The van der Waals surface area contributed by atoms with E-state index < -0.39 is 18.0 Å². The highest BCUT2D eigenvalue weighted by atomic mass is 16.5. The van der Waals surface area contributed by atoms with Crippen LogP contribution in [0.1, 0.15) is 25.3 Å². The van der Waals surface area contributed by atoms with Gasteiger partial charge in [-0.3, -0.25) is 9.59 Å². The lowest BCUT2D eigenvalue weighted by molar-refractivity contribution is -0.151. The van der Waals surface area contributed by atoms with Crippen LogP contribution >= 0.6 is 0 Å². The fraction of sp³-hybridized carbons (Fsp3) is 0.471. The van der Waals surface area contributed by atoms with Gasteiger partial charge < -0.3 is 19.5 Å². The molecule has 0 spiro atoms. The minimum Gasteiger partial charge on any atom is -0.480 e. The van der Waals surface area contributed by atoms with E-state index in [-0.39, 0.29) is 12.6 Å². The normalized spacial score (nSPS) is 16.0. The van der Waals surface area contributed by atoms with Crippen molar-refractivity contribution in [3.63, 3.8) is 0 Å². The molecule has 7 nitrogen and oxygen atoms in total. The van der Waals surface area contributed by atoms with Gasteiger partial charge in [0.2, 0.25) is 0 Å². The first-order valence-electron chi connectivity index (χ1n) is 7.78. The first kappa shape index (κ1) is 17.8. The number of carboxylic acid groups (broad SMARTS) is 1. The molecular weight excluding hydrogens is 312 g/mol. The molecule has 0 aromatic heterocycles. The van der Waals surface area contributed by atoms with Crippen LogP contribution in [0.15, 0.2) is 24.3 Å². The SMILES string of the molecule is C[C@@H](Oc1ccccc1C#N)C(=O)N(CC(=O)O)C1CCOCC1. The molecule has 1 aliphatic rings. The van der Waals surface area contributed by atoms with E-state index in [1.165, 1.54) is 4.90 Å². The fourth-order valence-electron chi connectivity index (χ4n) is 2.67. The number of carbonyl (C=O) groups is 2. The van der Waals surface area contributed by atoms with E-state index in [0.717, 1.165) is 0 Å². The molecule has 1 heterocycles. The topological polar surface area (TPSA) is 99.9 Å². The first-order chi connectivity index (χ1) is 11.5. The zero-order chi connectivity index (χ0) is 17.5. The summed E-state index contributed by atoms with van der Waals surface area (Å²) in [4.78, 5) is 25.2. The smallest absolute Gasteiger partial charge is 0.323 e. The van der Waals surface area contributed by atoms with Gasteiger partial charge >= 0.3 is 5.97 Å². The summed E-state index contributed by atoms with van der Waals surface area (Å²) in [7, 11) is 0. The molecule has 2 rings (SSSR count). The van der Waals surface area contributed by atoms with E-state index in [0.29, 0.717) is 37.4 Å². The number of carbonyl (C=O) groups excluding carboxylic acids is 1. The largest absolute Gasteiger partial charge is 0.480 e. The maximum Gasteiger partial charge on any atom is 0.323 e. The number of ether oxygens (including phenoxy) is 2. The van der Waals surface area contributed by atoms with E-state index >= 15 is 0 Å². The van der Waals surface area contributed by atoms with Crippen molar-refractivity contribution >= 4 is 11.9 Å². The van der Waals surface area contributed by atoms with E-state index in [1.807, 2.05) is 6.07 Å². The number of aliphatic carboxylic acids is 1. The Morgan fingerprint density at radius 2 is 2.08 bits per heavy atom. The number of hydrogen-bond acceptors (Lipinski definition) is 5. The fourth-order valence-corrected chi connectivity index (χ4v) is 2.67. The Bertz CT molecular complexity index is 634. The van der Waals surface area contributed by atoms with Crippen LogP contribution in [0.3, 0.4) is 0 Å². The van der Waals surface area contributed by atoms with Crippen LogP contribution in [0.4, 0.5) is 0 Å². The van der Waals surface area contributed by atoms with Crippen molar-refractivity contribution < 1.29 is 24.2 Å². The number of para-hydroxylation sites is 1. The Morgan fingerprint density at radius 3 is 2.71 bits per heavy atom. The molecule has 1 aliphatic heterocycles. The molecule has 7 heteroatoms. The molecule has 0 aliphatic carbocycles. The van der Waals surface area contributed by atoms with Gasteiger partial charge in [0.05, 0.1) is 5.56 Å². The maximum absolute atomic E-state index is 12.7. The number of amides is 1. The van der Waals surface area contributed by atoms with Gasteiger partial charge in [-0.15, -0.1) is 0 Å². The minimum atomic E-state index is -1.07. The monoisotopic (exact) mass is 332 g/mol. The van der Waals surface area contributed by atoms with Crippen molar-refractivity contribution in [2.45, 2.75) is 31.9 Å². The van der Waals surface area contributed by atoms with Crippen molar-refractivity contribution in [3.8, 4) is 11.8 Å². The van der Waals surface area contributed by atoms with Crippen LogP contribution in [-0.2, 0) is 14.3 Å². The summed E-state index contributed by atoms with van der Waals surface area (Å²) in [5.74, 6) is -1.17. The molecule has 1 saturated heterocycles. The predicted octanol–water partition coefficient (Wildman–Crippen LogP) is 1.42. The first-order valence-corrected chi connectivity index (χ1v) is 7.78. The van der Waals surface area contributed by atoms with Crippen molar-refractivity contribution in [1.29, 1.82) is 5.26 Å². The Balaban J connectivity index is 2.12. The molecular formula is C17H20N2O5. The Morgan fingerprint density at radius 1 is 1.42 bits per heavy atom. The van der Waals surface area contributed by atoms with Gasteiger partial charge in [-0.1, -0.05) is 12.1 Å². The molecule has 1 N–H and O–H groups in total. The molecule has 0 bridgehead atoms. The van der Waals surface area contributed by atoms with Crippen molar-refractivity contribution in [1.82, 2.24) is 4.90 Å². The Labute approximate surface area is 140 Å². The third kappa shape index (κ3) is 4.46. The van der Waals surface area contributed by atoms with Crippen molar-refractivity contribution in [2.75, 3.05) is 19.8 Å². The Kier molecular flexibility index (Phi) is 6.15. The number of hydrogen-bond donors (Lipinski definition) is 1. The maximum atomic E-state index is 12.7. The second-order valence-electron chi connectivity index (χ2n) is 5.57. The molecule has 1 fully saturated rings. The average Bonchev–Trinajstić information content (AvgIpc) is 2.60. The molecule has 0 saturated carbocycles. The van der Waals surface area contributed by atoms with Crippen LogP contribution < -0.4 is 4.74 Å². The molecule has 1 amide bonds. The molecule has 0 unspecified atom stereocenters. The molecule has 1 aromatic rings. The van der Waals surface area contributed by atoms with Crippen LogP contribution in [0.2, 0.25) is 0 Å². The van der Waals surface area contributed by atoms with Gasteiger partial charge in [0, 0.05) is 19.3 Å². The molecule has 24 heavy (non-hydrogen) atoms. The van der Waals surface area contributed by atoms with Crippen LogP contribution in [0.5, 0.6) is 5.75 Å². The summed E-state index contributed by atoms with van der Waals surface area (Å²) in [5.41, 5.74) is 0.327. The lowest BCUT2D eigenvalue weighted by atomic mass is 10.1. The Hall–Kier alpha value is -2.59. The number of benzene rings is 1. The zero-order valence-electron chi connectivity index (χ0n) is 13.5.